The summed E-state index contributed by atoms with van der Waals surface area (Å²) in [4.78, 5) is 13.1. The first-order valence-electron chi connectivity index (χ1n) is 6.05. The smallest absolute Gasteiger partial charge is 0.278 e. The molecule has 1 amide bonds. The monoisotopic (exact) mass is 353 g/mol. The van der Waals surface area contributed by atoms with Crippen LogP contribution < -0.4 is 9.62 Å². The van der Waals surface area contributed by atoms with Crippen molar-refractivity contribution in [1.29, 1.82) is 0 Å². The van der Waals surface area contributed by atoms with E-state index in [0.717, 1.165) is 4.31 Å². The fraction of sp³-hybridized carbons (Fsp3) is 0.417. The van der Waals surface area contributed by atoms with Gasteiger partial charge in [-0.25, -0.2) is 4.72 Å². The molecule has 1 N–H and O–H groups in total. The summed E-state index contributed by atoms with van der Waals surface area (Å²) in [7, 11) is -0.688. The van der Waals surface area contributed by atoms with Crippen LogP contribution in [0.3, 0.4) is 0 Å². The molecular weight excluding hydrogens is 337 g/mol. The average molecular weight is 354 g/mol. The van der Waals surface area contributed by atoms with Crippen molar-refractivity contribution in [2.45, 2.75) is 6.92 Å². The van der Waals surface area contributed by atoms with E-state index in [4.69, 9.17) is 23.2 Å². The molecule has 0 saturated carbocycles. The molecule has 0 aliphatic heterocycles. The second-order valence-electron chi connectivity index (χ2n) is 4.48. The number of anilines is 1. The first kappa shape index (κ1) is 18.2. The number of nitrogens with zero attached hydrogens (tertiary/aromatic N) is 2. The van der Waals surface area contributed by atoms with Crippen molar-refractivity contribution >= 4 is 45.0 Å². The van der Waals surface area contributed by atoms with Gasteiger partial charge in [0.1, 0.15) is 0 Å². The molecule has 0 aliphatic rings. The van der Waals surface area contributed by atoms with Crippen LogP contribution in [0.2, 0.25) is 10.0 Å². The zero-order valence-corrected chi connectivity index (χ0v) is 14.3. The first-order valence-corrected chi connectivity index (χ1v) is 8.24. The number of hydrogen-bond donors (Lipinski definition) is 1. The van der Waals surface area contributed by atoms with Crippen LogP contribution in [0.5, 0.6) is 0 Å². The predicted octanol–water partition coefficient (Wildman–Crippen LogP) is 1.74. The molecular formula is C12H17Cl2N3O3S. The van der Waals surface area contributed by atoms with E-state index in [1.54, 1.807) is 18.2 Å². The molecule has 0 unspecified atom stereocenters. The summed E-state index contributed by atoms with van der Waals surface area (Å²) in [6.45, 7) is 1.62. The standard InChI is InChI=1S/C12H17Cl2N3O3S/c1-9(18)17(5-4-15-21(19,20)16(2)3)12-7-10(13)6-11(14)8-12/h6-8,15H,4-5H2,1-3H3. The van der Waals surface area contributed by atoms with Crippen molar-refractivity contribution in [3.05, 3.63) is 28.2 Å². The predicted molar refractivity (Wildman–Crippen MR) is 85.1 cm³/mol. The number of benzene rings is 1. The summed E-state index contributed by atoms with van der Waals surface area (Å²) in [5, 5.41) is 0.801. The van der Waals surface area contributed by atoms with Crippen molar-refractivity contribution in [1.82, 2.24) is 9.03 Å². The van der Waals surface area contributed by atoms with Crippen LogP contribution in [0.15, 0.2) is 18.2 Å². The Balaban J connectivity index is 2.82. The maximum atomic E-state index is 11.7. The Hall–Kier alpha value is -0.860. The highest BCUT2D eigenvalue weighted by atomic mass is 35.5. The lowest BCUT2D eigenvalue weighted by molar-refractivity contribution is -0.116. The Labute approximate surface area is 134 Å². The Morgan fingerprint density at radius 2 is 1.71 bits per heavy atom. The van der Waals surface area contributed by atoms with Gasteiger partial charge in [0.2, 0.25) is 5.91 Å². The van der Waals surface area contributed by atoms with Crippen LogP contribution in [0.4, 0.5) is 5.69 Å². The number of nitrogens with one attached hydrogen (secondary N) is 1. The quantitative estimate of drug-likeness (QED) is 0.846. The molecule has 9 heteroatoms. The zero-order chi connectivity index (χ0) is 16.2. The highest BCUT2D eigenvalue weighted by Gasteiger charge is 2.16. The van der Waals surface area contributed by atoms with E-state index in [2.05, 4.69) is 4.72 Å². The lowest BCUT2D eigenvalue weighted by Crippen LogP contribution is -2.41. The molecule has 0 bridgehead atoms. The van der Waals surface area contributed by atoms with Gasteiger partial charge in [-0.3, -0.25) is 4.79 Å². The molecule has 0 saturated heterocycles. The Bertz CT molecular complexity index is 600. The normalized spacial score (nSPS) is 11.7. The summed E-state index contributed by atoms with van der Waals surface area (Å²) in [5.41, 5.74) is 0.518. The fourth-order valence-corrected chi connectivity index (χ4v) is 2.70. The zero-order valence-electron chi connectivity index (χ0n) is 11.9. The average Bonchev–Trinajstić information content (AvgIpc) is 2.32. The van der Waals surface area contributed by atoms with Gasteiger partial charge in [-0.2, -0.15) is 12.7 Å². The molecule has 1 rings (SSSR count). The van der Waals surface area contributed by atoms with Gasteiger partial charge in [-0.05, 0) is 18.2 Å². The third kappa shape index (κ3) is 5.44. The highest BCUT2D eigenvalue weighted by molar-refractivity contribution is 7.87. The number of hydrogen-bond acceptors (Lipinski definition) is 3. The van der Waals surface area contributed by atoms with Gasteiger partial charge in [0.05, 0.1) is 0 Å². The fourth-order valence-electron chi connectivity index (χ4n) is 1.58. The molecule has 0 atom stereocenters. The van der Waals surface area contributed by atoms with Gasteiger partial charge in [-0.15, -0.1) is 0 Å². The SMILES string of the molecule is CC(=O)N(CCNS(=O)(=O)N(C)C)c1cc(Cl)cc(Cl)c1. The topological polar surface area (TPSA) is 69.7 Å². The van der Waals surface area contributed by atoms with Crippen LogP contribution in [0, 0.1) is 0 Å². The molecule has 21 heavy (non-hydrogen) atoms. The minimum absolute atomic E-state index is 0.0736. The lowest BCUT2D eigenvalue weighted by atomic mass is 10.3. The van der Waals surface area contributed by atoms with Crippen LogP contribution in [-0.2, 0) is 15.0 Å². The summed E-state index contributed by atoms with van der Waals surface area (Å²) < 4.78 is 26.6. The van der Waals surface area contributed by atoms with Gasteiger partial charge < -0.3 is 4.90 Å². The number of carbonyl (C=O) groups excluding carboxylic acids is 1. The molecule has 0 fully saturated rings. The van der Waals surface area contributed by atoms with Crippen LogP contribution in [0.1, 0.15) is 6.92 Å². The Kier molecular flexibility index (Phi) is 6.42. The summed E-state index contributed by atoms with van der Waals surface area (Å²) in [6.07, 6.45) is 0. The molecule has 0 spiro atoms. The number of rotatable bonds is 6. The lowest BCUT2D eigenvalue weighted by Gasteiger charge is -2.22. The van der Waals surface area contributed by atoms with E-state index in [-0.39, 0.29) is 19.0 Å². The molecule has 1 aromatic carbocycles. The minimum Gasteiger partial charge on any atom is -0.311 e. The van der Waals surface area contributed by atoms with E-state index < -0.39 is 10.2 Å². The first-order chi connectivity index (χ1) is 9.63. The third-order valence-corrected chi connectivity index (χ3v) is 4.61. The van der Waals surface area contributed by atoms with Crippen molar-refractivity contribution in [3.63, 3.8) is 0 Å². The molecule has 0 radical (unpaired) electrons. The third-order valence-electron chi connectivity index (χ3n) is 2.64. The van der Waals surface area contributed by atoms with E-state index in [0.29, 0.717) is 15.7 Å². The summed E-state index contributed by atoms with van der Waals surface area (Å²) in [6, 6.07) is 4.74. The molecule has 118 valence electrons. The van der Waals surface area contributed by atoms with Crippen molar-refractivity contribution in [2.24, 2.45) is 0 Å². The molecule has 6 nitrogen and oxygen atoms in total. The van der Waals surface area contributed by atoms with Gasteiger partial charge in [0.15, 0.2) is 0 Å². The van der Waals surface area contributed by atoms with E-state index in [1.165, 1.54) is 25.9 Å². The van der Waals surface area contributed by atoms with Gasteiger partial charge in [0, 0.05) is 49.8 Å². The van der Waals surface area contributed by atoms with Crippen molar-refractivity contribution in [2.75, 3.05) is 32.1 Å². The molecule has 0 aromatic heterocycles. The highest BCUT2D eigenvalue weighted by Crippen LogP contribution is 2.25. The largest absolute Gasteiger partial charge is 0.311 e. The van der Waals surface area contributed by atoms with E-state index in [1.807, 2.05) is 0 Å². The van der Waals surface area contributed by atoms with Gasteiger partial charge in [-0.1, -0.05) is 23.2 Å². The maximum Gasteiger partial charge on any atom is 0.278 e. The Morgan fingerprint density at radius 3 is 2.14 bits per heavy atom. The number of carbonyl (C=O) groups is 1. The molecule has 0 aliphatic carbocycles. The van der Waals surface area contributed by atoms with E-state index in [9.17, 15) is 13.2 Å². The molecule has 1 aromatic rings. The summed E-state index contributed by atoms with van der Waals surface area (Å²) in [5.74, 6) is -0.239. The molecule has 0 heterocycles. The van der Waals surface area contributed by atoms with Crippen LogP contribution >= 0.6 is 23.2 Å². The Morgan fingerprint density at radius 1 is 1.19 bits per heavy atom. The van der Waals surface area contributed by atoms with Crippen molar-refractivity contribution < 1.29 is 13.2 Å². The van der Waals surface area contributed by atoms with Crippen LogP contribution in [0.25, 0.3) is 0 Å². The number of halogens is 2. The van der Waals surface area contributed by atoms with Gasteiger partial charge >= 0.3 is 0 Å². The van der Waals surface area contributed by atoms with Crippen LogP contribution in [-0.4, -0.2) is 45.8 Å². The van der Waals surface area contributed by atoms with Crippen molar-refractivity contribution in [3.8, 4) is 0 Å². The number of amides is 1. The van der Waals surface area contributed by atoms with E-state index >= 15 is 0 Å². The second kappa shape index (κ2) is 7.42. The summed E-state index contributed by atoms with van der Waals surface area (Å²) >= 11 is 11.8. The maximum absolute atomic E-state index is 11.7. The second-order valence-corrected chi connectivity index (χ2v) is 7.32. The minimum atomic E-state index is -3.52. The van der Waals surface area contributed by atoms with Gasteiger partial charge in [0.25, 0.3) is 10.2 Å².